The SMILES string of the molecule is O=S(=O)(c1ccc(C(CC2CCOCC2)c2ccc(-c3ccc(SCCO)cn3)[nH]2)cc1)C1CC1. The van der Waals surface area contributed by atoms with E-state index in [4.69, 9.17) is 9.84 Å². The molecule has 2 N–H and O–H groups in total. The van der Waals surface area contributed by atoms with E-state index in [0.29, 0.717) is 16.6 Å². The van der Waals surface area contributed by atoms with Crippen LogP contribution in [-0.2, 0) is 14.6 Å². The lowest BCUT2D eigenvalue weighted by atomic mass is 9.83. The van der Waals surface area contributed by atoms with Gasteiger partial charge in [0.1, 0.15) is 0 Å². The zero-order chi connectivity index (χ0) is 24.3. The number of benzene rings is 1. The summed E-state index contributed by atoms with van der Waals surface area (Å²) in [4.78, 5) is 9.67. The molecule has 186 valence electrons. The highest BCUT2D eigenvalue weighted by molar-refractivity contribution is 7.99. The minimum atomic E-state index is -3.19. The van der Waals surface area contributed by atoms with Crippen molar-refractivity contribution in [2.45, 2.75) is 53.1 Å². The lowest BCUT2D eigenvalue weighted by Crippen LogP contribution is -2.19. The Morgan fingerprint density at radius 3 is 2.46 bits per heavy atom. The smallest absolute Gasteiger partial charge is 0.181 e. The second-order valence-electron chi connectivity index (χ2n) is 9.44. The first kappa shape index (κ1) is 24.6. The van der Waals surface area contributed by atoms with E-state index in [0.717, 1.165) is 72.9 Å². The molecule has 1 unspecified atom stereocenters. The number of thioether (sulfide) groups is 1. The molecule has 1 aliphatic heterocycles. The van der Waals surface area contributed by atoms with E-state index in [1.807, 2.05) is 30.5 Å². The van der Waals surface area contributed by atoms with Crippen LogP contribution in [0.4, 0.5) is 0 Å². The predicted octanol–water partition coefficient (Wildman–Crippen LogP) is 5.05. The Hall–Kier alpha value is -2.13. The maximum atomic E-state index is 12.7. The number of hydrogen-bond donors (Lipinski definition) is 2. The number of aliphatic hydroxyl groups is 1. The van der Waals surface area contributed by atoms with Crippen LogP contribution in [0.25, 0.3) is 11.4 Å². The van der Waals surface area contributed by atoms with E-state index in [1.54, 1.807) is 23.9 Å². The molecule has 1 saturated heterocycles. The third-order valence-electron chi connectivity index (χ3n) is 6.94. The van der Waals surface area contributed by atoms with Gasteiger partial charge in [0.15, 0.2) is 9.84 Å². The number of ether oxygens (including phenoxy) is 1. The Morgan fingerprint density at radius 1 is 1.03 bits per heavy atom. The Bertz CT molecular complexity index is 1210. The van der Waals surface area contributed by atoms with E-state index in [9.17, 15) is 8.42 Å². The summed E-state index contributed by atoms with van der Waals surface area (Å²) in [7, 11) is -3.19. The van der Waals surface area contributed by atoms with E-state index < -0.39 is 9.84 Å². The Balaban J connectivity index is 1.40. The fourth-order valence-corrected chi connectivity index (χ4v) is 7.05. The summed E-state index contributed by atoms with van der Waals surface area (Å²) >= 11 is 1.58. The van der Waals surface area contributed by atoms with Gasteiger partial charge in [-0.3, -0.25) is 4.98 Å². The summed E-state index contributed by atoms with van der Waals surface area (Å²) in [5.74, 6) is 1.36. The van der Waals surface area contributed by atoms with E-state index in [1.165, 1.54) is 0 Å². The molecule has 2 aliphatic rings. The average Bonchev–Trinajstić information content (AvgIpc) is 3.66. The molecule has 1 saturated carbocycles. The van der Waals surface area contributed by atoms with Crippen LogP contribution in [0.1, 0.15) is 49.3 Å². The first-order valence-corrected chi connectivity index (χ1v) is 14.9. The largest absolute Gasteiger partial charge is 0.396 e. The van der Waals surface area contributed by atoms with Gasteiger partial charge in [-0.1, -0.05) is 12.1 Å². The fourth-order valence-electron chi connectivity index (χ4n) is 4.77. The molecular formula is C27H32N2O4S2. The summed E-state index contributed by atoms with van der Waals surface area (Å²) in [5, 5.41) is 8.83. The van der Waals surface area contributed by atoms with Gasteiger partial charge < -0.3 is 14.8 Å². The van der Waals surface area contributed by atoms with Gasteiger partial charge in [-0.05, 0) is 80.0 Å². The number of nitrogens with zero attached hydrogens (tertiary/aromatic N) is 1. The zero-order valence-electron chi connectivity index (χ0n) is 19.7. The Labute approximate surface area is 211 Å². The lowest BCUT2D eigenvalue weighted by Gasteiger charge is -2.27. The van der Waals surface area contributed by atoms with Gasteiger partial charge in [0.25, 0.3) is 0 Å². The highest BCUT2D eigenvalue weighted by Crippen LogP contribution is 2.37. The van der Waals surface area contributed by atoms with Crippen molar-refractivity contribution in [3.8, 4) is 11.4 Å². The van der Waals surface area contributed by atoms with Crippen molar-refractivity contribution in [1.82, 2.24) is 9.97 Å². The standard InChI is InChI=1S/C27H32N2O4S2/c30-13-16-34-21-3-8-26(28-18-21)27-10-9-25(29-27)24(17-19-11-14-33-15-12-19)20-1-4-22(5-2-20)35(31,32)23-6-7-23/h1-5,8-10,18-19,23-24,29-30H,6-7,11-17H2. The number of pyridine rings is 1. The summed E-state index contributed by atoms with van der Waals surface area (Å²) < 4.78 is 30.9. The second-order valence-corrected chi connectivity index (χ2v) is 12.8. The molecule has 6 nitrogen and oxygen atoms in total. The number of sulfone groups is 1. The van der Waals surface area contributed by atoms with Crippen LogP contribution >= 0.6 is 11.8 Å². The average molecular weight is 513 g/mol. The molecule has 3 aromatic rings. The molecule has 0 radical (unpaired) electrons. The third-order valence-corrected chi connectivity index (χ3v) is 10.2. The number of nitrogens with one attached hydrogen (secondary N) is 1. The molecule has 35 heavy (non-hydrogen) atoms. The second kappa shape index (κ2) is 10.9. The molecule has 2 aromatic heterocycles. The molecule has 1 aliphatic carbocycles. The Kier molecular flexibility index (Phi) is 7.62. The molecule has 5 rings (SSSR count). The summed E-state index contributed by atoms with van der Waals surface area (Å²) in [6.45, 7) is 1.75. The van der Waals surface area contributed by atoms with Gasteiger partial charge >= 0.3 is 0 Å². The number of H-pyrrole nitrogens is 1. The van der Waals surface area contributed by atoms with Crippen molar-refractivity contribution in [2.75, 3.05) is 25.6 Å². The quantitative estimate of drug-likeness (QED) is 0.370. The molecule has 2 fully saturated rings. The number of hydrogen-bond acceptors (Lipinski definition) is 6. The Morgan fingerprint density at radius 2 is 1.80 bits per heavy atom. The van der Waals surface area contributed by atoms with Crippen LogP contribution in [0.5, 0.6) is 0 Å². The molecule has 3 heterocycles. The first-order chi connectivity index (χ1) is 17.0. The topological polar surface area (TPSA) is 92.3 Å². The summed E-state index contributed by atoms with van der Waals surface area (Å²) in [6.07, 6.45) is 6.48. The third kappa shape index (κ3) is 5.82. The maximum Gasteiger partial charge on any atom is 0.181 e. The molecule has 1 aromatic carbocycles. The van der Waals surface area contributed by atoms with Gasteiger partial charge in [-0.2, -0.15) is 0 Å². The van der Waals surface area contributed by atoms with Crippen molar-refractivity contribution in [3.05, 3.63) is 66.0 Å². The first-order valence-electron chi connectivity index (χ1n) is 12.3. The van der Waals surface area contributed by atoms with Gasteiger partial charge in [0.2, 0.25) is 0 Å². The van der Waals surface area contributed by atoms with E-state index in [2.05, 4.69) is 22.1 Å². The minimum Gasteiger partial charge on any atom is -0.396 e. The number of rotatable bonds is 10. The van der Waals surface area contributed by atoms with Crippen LogP contribution in [-0.4, -0.2) is 54.3 Å². The normalized spacial score (nSPS) is 18.0. The number of aromatic nitrogens is 2. The van der Waals surface area contributed by atoms with Crippen molar-refractivity contribution >= 4 is 21.6 Å². The molecular weight excluding hydrogens is 480 g/mol. The monoisotopic (exact) mass is 512 g/mol. The fraction of sp³-hybridized carbons (Fsp3) is 0.444. The van der Waals surface area contributed by atoms with E-state index >= 15 is 0 Å². The van der Waals surface area contributed by atoms with Crippen molar-refractivity contribution in [1.29, 1.82) is 0 Å². The summed E-state index contributed by atoms with van der Waals surface area (Å²) in [6, 6.07) is 15.8. The van der Waals surface area contributed by atoms with Crippen LogP contribution in [0.15, 0.2) is 64.5 Å². The summed E-state index contributed by atoms with van der Waals surface area (Å²) in [5.41, 5.74) is 4.08. The van der Waals surface area contributed by atoms with E-state index in [-0.39, 0.29) is 17.8 Å². The highest BCUT2D eigenvalue weighted by atomic mass is 32.2. The van der Waals surface area contributed by atoms with Gasteiger partial charge in [-0.25, -0.2) is 8.42 Å². The predicted molar refractivity (Wildman–Crippen MR) is 138 cm³/mol. The van der Waals surface area contributed by atoms with Gasteiger partial charge in [-0.15, -0.1) is 11.8 Å². The van der Waals surface area contributed by atoms with Gasteiger partial charge in [0.05, 0.1) is 28.1 Å². The number of aliphatic hydroxyl groups excluding tert-OH is 1. The number of aromatic amines is 1. The maximum absolute atomic E-state index is 12.7. The van der Waals surface area contributed by atoms with Crippen molar-refractivity contribution in [3.63, 3.8) is 0 Å². The van der Waals surface area contributed by atoms with Crippen LogP contribution in [0.2, 0.25) is 0 Å². The molecule has 0 spiro atoms. The molecule has 0 bridgehead atoms. The van der Waals surface area contributed by atoms with Crippen LogP contribution < -0.4 is 0 Å². The molecule has 1 atom stereocenters. The molecule has 8 heteroatoms. The molecule has 0 amide bonds. The zero-order valence-corrected chi connectivity index (χ0v) is 21.4. The minimum absolute atomic E-state index is 0.143. The van der Waals surface area contributed by atoms with Crippen LogP contribution in [0, 0.1) is 5.92 Å². The van der Waals surface area contributed by atoms with Crippen molar-refractivity contribution < 1.29 is 18.3 Å². The highest BCUT2D eigenvalue weighted by Gasteiger charge is 2.37. The lowest BCUT2D eigenvalue weighted by molar-refractivity contribution is 0.0626. The van der Waals surface area contributed by atoms with Crippen molar-refractivity contribution in [2.24, 2.45) is 5.92 Å². The van der Waals surface area contributed by atoms with Gasteiger partial charge in [0, 0.05) is 41.7 Å². The van der Waals surface area contributed by atoms with Crippen LogP contribution in [0.3, 0.4) is 0 Å².